The summed E-state index contributed by atoms with van der Waals surface area (Å²) in [5, 5.41) is 0. The molecule has 2 rings (SSSR count). The third-order valence-electron chi connectivity index (χ3n) is 8.22. The third-order valence-corrected chi connectivity index (χ3v) is 8.22. The summed E-state index contributed by atoms with van der Waals surface area (Å²) in [6.45, 7) is 8.62. The van der Waals surface area contributed by atoms with Crippen molar-refractivity contribution in [1.29, 1.82) is 0 Å². The first-order valence-electron chi connectivity index (χ1n) is 14.6. The van der Waals surface area contributed by atoms with Gasteiger partial charge in [-0.1, -0.05) is 97.8 Å². The zero-order chi connectivity index (χ0) is 24.7. The fraction of sp³-hybridized carbons (Fsp3) is 1.00. The summed E-state index contributed by atoms with van der Waals surface area (Å²) in [4.78, 5) is 28.6. The van der Waals surface area contributed by atoms with Crippen LogP contribution in [0, 0.1) is 0 Å². The molecule has 2 aliphatic carbocycles. The molecule has 0 aromatic heterocycles. The average molecular weight is 485 g/mol. The van der Waals surface area contributed by atoms with Crippen molar-refractivity contribution in [2.75, 3.05) is 27.3 Å². The van der Waals surface area contributed by atoms with Crippen LogP contribution in [0.3, 0.4) is 0 Å². The summed E-state index contributed by atoms with van der Waals surface area (Å²) in [5.41, 5.74) is 0. The average Bonchev–Trinajstić information content (AvgIpc) is 2.87. The molecule has 0 heterocycles. The minimum Gasteiger partial charge on any atom is -0.291 e. The summed E-state index contributed by atoms with van der Waals surface area (Å²) in [5.74, 6) is -1.07. The standard InChI is InChI=1S/C28H56N2O4/c1-6-9-10-11-12-19-24-27(29(7-2)25-20-15-13-16-21-25)28(33-31-4,34-32-5)30(8-3)26-22-17-14-18-23-26/h25-27H,6-24H2,1-5H3. The minimum atomic E-state index is -1.07. The minimum absolute atomic E-state index is 0.0496. The van der Waals surface area contributed by atoms with Crippen molar-refractivity contribution < 1.29 is 19.6 Å². The van der Waals surface area contributed by atoms with Crippen molar-refractivity contribution >= 4 is 0 Å². The molecule has 0 saturated heterocycles. The highest BCUT2D eigenvalue weighted by molar-refractivity contribution is 4.93. The molecule has 202 valence electrons. The van der Waals surface area contributed by atoms with Crippen LogP contribution in [0.25, 0.3) is 0 Å². The Labute approximate surface area is 210 Å². The van der Waals surface area contributed by atoms with Crippen LogP contribution >= 0.6 is 0 Å². The van der Waals surface area contributed by atoms with Crippen molar-refractivity contribution in [1.82, 2.24) is 9.80 Å². The van der Waals surface area contributed by atoms with Gasteiger partial charge in [0.15, 0.2) is 0 Å². The number of rotatable bonds is 18. The van der Waals surface area contributed by atoms with E-state index in [4.69, 9.17) is 19.6 Å². The predicted octanol–water partition coefficient (Wildman–Crippen LogP) is 7.22. The molecule has 0 amide bonds. The van der Waals surface area contributed by atoms with E-state index in [1.807, 2.05) is 0 Å². The molecule has 1 atom stereocenters. The Balaban J connectivity index is 2.37. The van der Waals surface area contributed by atoms with Gasteiger partial charge in [0.2, 0.25) is 0 Å². The Hall–Kier alpha value is -0.240. The molecule has 0 radical (unpaired) electrons. The Morgan fingerprint density at radius 2 is 1.21 bits per heavy atom. The molecule has 0 spiro atoms. The second-order valence-electron chi connectivity index (χ2n) is 10.4. The van der Waals surface area contributed by atoms with Crippen LogP contribution in [-0.2, 0) is 19.6 Å². The van der Waals surface area contributed by atoms with Crippen molar-refractivity contribution in [2.24, 2.45) is 0 Å². The van der Waals surface area contributed by atoms with E-state index < -0.39 is 5.91 Å². The van der Waals surface area contributed by atoms with Gasteiger partial charge >= 0.3 is 5.91 Å². The van der Waals surface area contributed by atoms with Crippen LogP contribution in [0.1, 0.15) is 130 Å². The fourth-order valence-electron chi connectivity index (χ4n) is 6.60. The maximum absolute atomic E-state index is 6.24. The van der Waals surface area contributed by atoms with E-state index in [2.05, 4.69) is 30.6 Å². The van der Waals surface area contributed by atoms with Crippen molar-refractivity contribution in [3.05, 3.63) is 0 Å². The molecule has 0 N–H and O–H groups in total. The summed E-state index contributed by atoms with van der Waals surface area (Å²) >= 11 is 0. The number of nitrogens with zero attached hydrogens (tertiary/aromatic N) is 2. The molecule has 2 fully saturated rings. The lowest BCUT2D eigenvalue weighted by Crippen LogP contribution is -2.68. The molecule has 2 aliphatic rings. The van der Waals surface area contributed by atoms with Gasteiger partial charge in [-0.15, -0.1) is 0 Å². The molecule has 0 aromatic carbocycles. The van der Waals surface area contributed by atoms with E-state index in [9.17, 15) is 0 Å². The highest BCUT2D eigenvalue weighted by Gasteiger charge is 2.54. The maximum atomic E-state index is 6.24. The lowest BCUT2D eigenvalue weighted by molar-refractivity contribution is -0.552. The zero-order valence-corrected chi connectivity index (χ0v) is 23.2. The van der Waals surface area contributed by atoms with Gasteiger partial charge in [0.25, 0.3) is 0 Å². The lowest BCUT2D eigenvalue weighted by atomic mass is 9.89. The van der Waals surface area contributed by atoms with Gasteiger partial charge in [-0.25, -0.2) is 14.7 Å². The summed E-state index contributed by atoms with van der Waals surface area (Å²) in [6.07, 6.45) is 21.4. The molecule has 0 aliphatic heterocycles. The van der Waals surface area contributed by atoms with E-state index in [1.165, 1.54) is 103 Å². The first kappa shape index (κ1) is 30.0. The van der Waals surface area contributed by atoms with Crippen LogP contribution in [0.15, 0.2) is 0 Å². The highest BCUT2D eigenvalue weighted by Crippen LogP contribution is 2.39. The van der Waals surface area contributed by atoms with E-state index in [1.54, 1.807) is 14.2 Å². The quantitative estimate of drug-likeness (QED) is 0.0885. The summed E-state index contributed by atoms with van der Waals surface area (Å²) in [7, 11) is 3.22. The molecular formula is C28H56N2O4. The van der Waals surface area contributed by atoms with Gasteiger partial charge in [-0.05, 0) is 38.6 Å². The Kier molecular flexibility index (Phi) is 15.2. The first-order chi connectivity index (χ1) is 16.7. The molecule has 34 heavy (non-hydrogen) atoms. The number of hydrogen-bond acceptors (Lipinski definition) is 6. The third kappa shape index (κ3) is 8.41. The number of likely N-dealkylation sites (N-methyl/N-ethyl adjacent to an activating group) is 2. The molecule has 0 aromatic rings. The SMILES string of the molecule is CCCCCCCCC(N(CC)C1CCCCC1)C(OOC)(OOC)N(CC)C1CCCCC1. The van der Waals surface area contributed by atoms with Gasteiger partial charge in [-0.2, -0.15) is 9.78 Å². The summed E-state index contributed by atoms with van der Waals surface area (Å²) < 4.78 is 0. The zero-order valence-electron chi connectivity index (χ0n) is 23.2. The van der Waals surface area contributed by atoms with Crippen LogP contribution in [0.5, 0.6) is 0 Å². The van der Waals surface area contributed by atoms with Crippen LogP contribution in [0.4, 0.5) is 0 Å². The fourth-order valence-corrected chi connectivity index (χ4v) is 6.60. The van der Waals surface area contributed by atoms with E-state index in [0.717, 1.165) is 19.5 Å². The van der Waals surface area contributed by atoms with Crippen LogP contribution < -0.4 is 0 Å². The Morgan fingerprint density at radius 3 is 1.71 bits per heavy atom. The molecule has 1 unspecified atom stereocenters. The van der Waals surface area contributed by atoms with E-state index in [0.29, 0.717) is 12.1 Å². The Morgan fingerprint density at radius 1 is 0.676 bits per heavy atom. The molecule has 6 nitrogen and oxygen atoms in total. The second kappa shape index (κ2) is 17.3. The van der Waals surface area contributed by atoms with Gasteiger partial charge < -0.3 is 0 Å². The maximum Gasteiger partial charge on any atom is 0.305 e. The largest absolute Gasteiger partial charge is 0.305 e. The highest BCUT2D eigenvalue weighted by atomic mass is 17.3. The molecular weight excluding hydrogens is 428 g/mol. The predicted molar refractivity (Wildman–Crippen MR) is 139 cm³/mol. The lowest BCUT2D eigenvalue weighted by Gasteiger charge is -2.52. The Bertz CT molecular complexity index is 489. The first-order valence-corrected chi connectivity index (χ1v) is 14.6. The van der Waals surface area contributed by atoms with Crippen molar-refractivity contribution in [2.45, 2.75) is 154 Å². The normalized spacial score (nSPS) is 19.9. The van der Waals surface area contributed by atoms with Crippen molar-refractivity contribution in [3.63, 3.8) is 0 Å². The van der Waals surface area contributed by atoms with Crippen LogP contribution in [0.2, 0.25) is 0 Å². The molecule has 0 bridgehead atoms. The molecule has 2 saturated carbocycles. The molecule has 6 heteroatoms. The van der Waals surface area contributed by atoms with Crippen molar-refractivity contribution in [3.8, 4) is 0 Å². The summed E-state index contributed by atoms with van der Waals surface area (Å²) in [6, 6.07) is 1.03. The van der Waals surface area contributed by atoms with E-state index >= 15 is 0 Å². The number of unbranched alkanes of at least 4 members (excludes halogenated alkanes) is 5. The van der Waals surface area contributed by atoms with Crippen LogP contribution in [-0.4, -0.2) is 61.1 Å². The van der Waals surface area contributed by atoms with E-state index in [-0.39, 0.29) is 6.04 Å². The monoisotopic (exact) mass is 484 g/mol. The van der Waals surface area contributed by atoms with Gasteiger partial charge in [0, 0.05) is 18.6 Å². The van der Waals surface area contributed by atoms with Gasteiger partial charge in [0.1, 0.15) is 0 Å². The van der Waals surface area contributed by atoms with Gasteiger partial charge in [0.05, 0.1) is 20.3 Å². The number of hydrogen-bond donors (Lipinski definition) is 0. The second-order valence-corrected chi connectivity index (χ2v) is 10.4. The topological polar surface area (TPSA) is 43.4 Å². The smallest absolute Gasteiger partial charge is 0.291 e. The van der Waals surface area contributed by atoms with Gasteiger partial charge in [-0.3, -0.25) is 4.90 Å².